The maximum absolute atomic E-state index is 10.6. The molecule has 1 fully saturated rings. The minimum absolute atomic E-state index is 0.601. The second kappa shape index (κ2) is 2.23. The van der Waals surface area contributed by atoms with E-state index in [0.717, 1.165) is 6.42 Å². The molecule has 1 aliphatic carbocycles. The van der Waals surface area contributed by atoms with Crippen LogP contribution in [0.25, 0.3) is 0 Å². The summed E-state index contributed by atoms with van der Waals surface area (Å²) >= 11 is 0. The Hall–Kier alpha value is -0.570. The average molecular weight is 144 g/mol. The Bertz CT molecular complexity index is 155. The molecule has 0 aliphatic heterocycles. The Morgan fingerprint density at radius 1 is 1.70 bits per heavy atom. The molecule has 2 atom stereocenters. The van der Waals surface area contributed by atoms with Gasteiger partial charge in [0.25, 0.3) is 0 Å². The summed E-state index contributed by atoms with van der Waals surface area (Å²) in [6, 6.07) is 0. The fourth-order valence-corrected chi connectivity index (χ4v) is 1.40. The molecular weight excluding hydrogens is 132 g/mol. The summed E-state index contributed by atoms with van der Waals surface area (Å²) in [5, 5.41) is 17.9. The molecule has 0 aromatic rings. The molecule has 0 heterocycles. The third-order valence-electron chi connectivity index (χ3n) is 2.40. The molecule has 0 aromatic heterocycles. The molecule has 0 spiro atoms. The zero-order valence-electron chi connectivity index (χ0n) is 6.00. The van der Waals surface area contributed by atoms with Gasteiger partial charge in [0, 0.05) is 0 Å². The van der Waals surface area contributed by atoms with Gasteiger partial charge >= 0.3 is 5.97 Å². The number of hydrogen-bond acceptors (Lipinski definition) is 2. The van der Waals surface area contributed by atoms with Gasteiger partial charge < -0.3 is 10.2 Å². The fraction of sp³-hybridized carbons (Fsp3) is 0.857. The quantitative estimate of drug-likeness (QED) is 0.567. The highest BCUT2D eigenvalue weighted by Crippen LogP contribution is 2.37. The molecule has 0 amide bonds. The third-order valence-corrected chi connectivity index (χ3v) is 2.40. The molecule has 0 unspecified atom stereocenters. The number of aliphatic hydroxyl groups excluding tert-OH is 1. The van der Waals surface area contributed by atoms with E-state index in [1.165, 1.54) is 0 Å². The first-order valence-corrected chi connectivity index (χ1v) is 3.49. The monoisotopic (exact) mass is 144 g/mol. The summed E-state index contributed by atoms with van der Waals surface area (Å²) < 4.78 is 0. The van der Waals surface area contributed by atoms with Crippen molar-refractivity contribution in [3.05, 3.63) is 0 Å². The Kier molecular flexibility index (Phi) is 1.68. The summed E-state index contributed by atoms with van der Waals surface area (Å²) in [5.41, 5.74) is -0.875. The number of carbonyl (C=O) groups is 1. The van der Waals surface area contributed by atoms with Crippen molar-refractivity contribution < 1.29 is 15.0 Å². The van der Waals surface area contributed by atoms with Crippen molar-refractivity contribution >= 4 is 5.97 Å². The van der Waals surface area contributed by atoms with Crippen molar-refractivity contribution in [1.82, 2.24) is 0 Å². The Labute approximate surface area is 59.7 Å². The van der Waals surface area contributed by atoms with Crippen molar-refractivity contribution in [1.29, 1.82) is 0 Å². The second-order valence-electron chi connectivity index (χ2n) is 3.13. The topological polar surface area (TPSA) is 57.5 Å². The van der Waals surface area contributed by atoms with Gasteiger partial charge in [-0.2, -0.15) is 0 Å². The number of rotatable bonds is 1. The molecule has 58 valence electrons. The predicted molar refractivity (Wildman–Crippen MR) is 35.6 cm³/mol. The van der Waals surface area contributed by atoms with Crippen LogP contribution in [0.15, 0.2) is 0 Å². The molecule has 2 N–H and O–H groups in total. The van der Waals surface area contributed by atoms with Crippen LogP contribution in [0.2, 0.25) is 0 Å². The highest BCUT2D eigenvalue weighted by atomic mass is 16.4. The third kappa shape index (κ3) is 0.904. The maximum Gasteiger partial charge on any atom is 0.311 e. The van der Waals surface area contributed by atoms with Crippen LogP contribution in [0.5, 0.6) is 0 Å². The van der Waals surface area contributed by atoms with Crippen LogP contribution < -0.4 is 0 Å². The lowest BCUT2D eigenvalue weighted by Crippen LogP contribution is -2.34. The van der Waals surface area contributed by atoms with Gasteiger partial charge in [-0.25, -0.2) is 0 Å². The second-order valence-corrected chi connectivity index (χ2v) is 3.13. The zero-order valence-corrected chi connectivity index (χ0v) is 6.00. The van der Waals surface area contributed by atoms with E-state index in [1.54, 1.807) is 6.92 Å². The predicted octanol–water partition coefficient (Wildman–Crippen LogP) is 0.622. The van der Waals surface area contributed by atoms with Crippen molar-refractivity contribution in [2.45, 2.75) is 32.3 Å². The van der Waals surface area contributed by atoms with Crippen molar-refractivity contribution in [2.24, 2.45) is 5.41 Å². The summed E-state index contributed by atoms with van der Waals surface area (Å²) in [7, 11) is 0. The fourth-order valence-electron chi connectivity index (χ4n) is 1.40. The molecule has 1 rings (SSSR count). The van der Waals surface area contributed by atoms with E-state index in [4.69, 9.17) is 5.11 Å². The molecular formula is C7H12O3. The Balaban J connectivity index is 2.75. The van der Waals surface area contributed by atoms with E-state index >= 15 is 0 Å². The number of aliphatic hydroxyl groups is 1. The van der Waals surface area contributed by atoms with Gasteiger partial charge in [0.15, 0.2) is 0 Å². The molecule has 0 bridgehead atoms. The zero-order chi connectivity index (χ0) is 7.78. The summed E-state index contributed by atoms with van der Waals surface area (Å²) in [4.78, 5) is 10.6. The van der Waals surface area contributed by atoms with Gasteiger partial charge in [-0.15, -0.1) is 0 Å². The maximum atomic E-state index is 10.6. The van der Waals surface area contributed by atoms with Gasteiger partial charge in [0.1, 0.15) is 0 Å². The standard InChI is InChI=1S/C7H12O3/c1-7(6(9)10)4-2-3-5(7)8/h5,8H,2-4H2,1H3,(H,9,10)/t5-,7+/m0/s1. The van der Waals surface area contributed by atoms with Gasteiger partial charge in [0.2, 0.25) is 0 Å². The SMILES string of the molecule is C[C@@]1(C(=O)O)CCC[C@@H]1O. The van der Waals surface area contributed by atoms with Crippen LogP contribution in [-0.4, -0.2) is 22.3 Å². The minimum Gasteiger partial charge on any atom is -0.481 e. The first-order valence-electron chi connectivity index (χ1n) is 3.49. The lowest BCUT2D eigenvalue weighted by Gasteiger charge is -2.21. The largest absolute Gasteiger partial charge is 0.481 e. The van der Waals surface area contributed by atoms with Crippen LogP contribution in [0.1, 0.15) is 26.2 Å². The Morgan fingerprint density at radius 2 is 2.30 bits per heavy atom. The number of aliphatic carboxylic acids is 1. The van der Waals surface area contributed by atoms with Crippen molar-refractivity contribution in [2.75, 3.05) is 0 Å². The van der Waals surface area contributed by atoms with Crippen LogP contribution in [0.4, 0.5) is 0 Å². The summed E-state index contributed by atoms with van der Waals surface area (Å²) in [6.45, 7) is 1.60. The minimum atomic E-state index is -0.877. The highest BCUT2D eigenvalue weighted by molar-refractivity contribution is 5.75. The van der Waals surface area contributed by atoms with E-state index in [2.05, 4.69) is 0 Å². The van der Waals surface area contributed by atoms with Crippen LogP contribution in [0, 0.1) is 5.41 Å². The summed E-state index contributed by atoms with van der Waals surface area (Å²) in [6.07, 6.45) is 1.40. The van der Waals surface area contributed by atoms with Gasteiger partial charge in [0.05, 0.1) is 11.5 Å². The van der Waals surface area contributed by atoms with E-state index in [-0.39, 0.29) is 0 Å². The Morgan fingerprint density at radius 3 is 2.50 bits per heavy atom. The molecule has 1 aliphatic rings. The van der Waals surface area contributed by atoms with Crippen molar-refractivity contribution in [3.8, 4) is 0 Å². The van der Waals surface area contributed by atoms with E-state index in [0.29, 0.717) is 12.8 Å². The van der Waals surface area contributed by atoms with Crippen molar-refractivity contribution in [3.63, 3.8) is 0 Å². The number of carboxylic acids is 1. The number of hydrogen-bond donors (Lipinski definition) is 2. The average Bonchev–Trinajstić information content (AvgIpc) is 2.15. The van der Waals surface area contributed by atoms with Gasteiger partial charge in [-0.1, -0.05) is 0 Å². The molecule has 3 nitrogen and oxygen atoms in total. The van der Waals surface area contributed by atoms with Crippen LogP contribution >= 0.6 is 0 Å². The molecule has 3 heteroatoms. The molecule has 0 aromatic carbocycles. The van der Waals surface area contributed by atoms with E-state index in [1.807, 2.05) is 0 Å². The van der Waals surface area contributed by atoms with Crippen LogP contribution in [-0.2, 0) is 4.79 Å². The van der Waals surface area contributed by atoms with Gasteiger partial charge in [-0.3, -0.25) is 4.79 Å². The lowest BCUT2D eigenvalue weighted by atomic mass is 9.87. The van der Waals surface area contributed by atoms with Gasteiger partial charge in [-0.05, 0) is 26.2 Å². The first kappa shape index (κ1) is 7.54. The van der Waals surface area contributed by atoms with E-state index in [9.17, 15) is 9.90 Å². The van der Waals surface area contributed by atoms with Crippen LogP contribution in [0.3, 0.4) is 0 Å². The normalized spacial score (nSPS) is 40.0. The number of carboxylic acid groups (broad SMARTS) is 1. The first-order chi connectivity index (χ1) is 4.57. The molecule has 0 radical (unpaired) electrons. The molecule has 1 saturated carbocycles. The molecule has 0 saturated heterocycles. The summed E-state index contributed by atoms with van der Waals surface area (Å²) in [5.74, 6) is -0.877. The molecule has 10 heavy (non-hydrogen) atoms. The highest BCUT2D eigenvalue weighted by Gasteiger charge is 2.44. The lowest BCUT2D eigenvalue weighted by molar-refractivity contribution is -0.152. The smallest absolute Gasteiger partial charge is 0.311 e. The van der Waals surface area contributed by atoms with E-state index < -0.39 is 17.5 Å².